The predicted octanol–water partition coefficient (Wildman–Crippen LogP) is 1.51. The second kappa shape index (κ2) is 5.99. The average molecular weight is 319 g/mol. The normalized spacial score (nSPS) is 19.8. The fourth-order valence-electron chi connectivity index (χ4n) is 2.17. The third kappa shape index (κ3) is 2.48. The maximum atomic E-state index is 12.5. The Kier molecular flexibility index (Phi) is 4.52. The first kappa shape index (κ1) is 15.1. The lowest BCUT2D eigenvalue weighted by Crippen LogP contribution is -2.42. The van der Waals surface area contributed by atoms with Crippen LogP contribution in [0.2, 0.25) is 0 Å². The van der Waals surface area contributed by atoms with Gasteiger partial charge in [0.2, 0.25) is 10.0 Å². The molecule has 0 bridgehead atoms. The Bertz CT molecular complexity index is 630. The molecule has 8 heteroatoms. The zero-order valence-electron chi connectivity index (χ0n) is 10.9. The lowest BCUT2D eigenvalue weighted by molar-refractivity contribution is 0.314. The number of fused-ring (bicyclic) bond motifs is 1. The molecule has 0 unspecified atom stereocenters. The number of alkyl halides is 1. The molecule has 0 saturated carbocycles. The zero-order chi connectivity index (χ0) is 14.8. The standard InChI is InChI=1S/C12H15ClN2O4S/c1-19-10-4-2-5-11-12(10)9(14-16)8-15(7-3-6-13)20(11,17)18/h2,4-5,16H,3,6-8H2,1H3/b14-9+. The predicted molar refractivity (Wildman–Crippen MR) is 75.4 cm³/mol. The lowest BCUT2D eigenvalue weighted by atomic mass is 10.1. The molecule has 1 aliphatic rings. The summed E-state index contributed by atoms with van der Waals surface area (Å²) in [7, 11) is -2.19. The summed E-state index contributed by atoms with van der Waals surface area (Å²) in [6, 6.07) is 4.70. The van der Waals surface area contributed by atoms with E-state index in [9.17, 15) is 8.42 Å². The Balaban J connectivity index is 2.58. The molecule has 1 aliphatic heterocycles. The molecule has 20 heavy (non-hydrogen) atoms. The van der Waals surface area contributed by atoms with Crippen LogP contribution in [0.1, 0.15) is 12.0 Å². The van der Waals surface area contributed by atoms with Crippen LogP contribution >= 0.6 is 11.6 Å². The van der Waals surface area contributed by atoms with Crippen molar-refractivity contribution in [3.63, 3.8) is 0 Å². The molecule has 1 aromatic carbocycles. The highest BCUT2D eigenvalue weighted by molar-refractivity contribution is 7.89. The van der Waals surface area contributed by atoms with E-state index in [2.05, 4.69) is 5.16 Å². The van der Waals surface area contributed by atoms with Crippen molar-refractivity contribution in [1.29, 1.82) is 0 Å². The van der Waals surface area contributed by atoms with Crippen LogP contribution in [0.25, 0.3) is 0 Å². The maximum absolute atomic E-state index is 12.5. The zero-order valence-corrected chi connectivity index (χ0v) is 12.5. The van der Waals surface area contributed by atoms with Crippen molar-refractivity contribution in [3.05, 3.63) is 23.8 Å². The maximum Gasteiger partial charge on any atom is 0.244 e. The molecule has 1 heterocycles. The van der Waals surface area contributed by atoms with Gasteiger partial charge in [0.25, 0.3) is 0 Å². The number of oxime groups is 1. The number of ether oxygens (including phenoxy) is 1. The minimum absolute atomic E-state index is 0.00307. The van der Waals surface area contributed by atoms with E-state index >= 15 is 0 Å². The van der Waals surface area contributed by atoms with Gasteiger partial charge in [-0.25, -0.2) is 8.42 Å². The Morgan fingerprint density at radius 1 is 1.50 bits per heavy atom. The van der Waals surface area contributed by atoms with E-state index in [0.717, 1.165) is 0 Å². The first-order chi connectivity index (χ1) is 9.56. The van der Waals surface area contributed by atoms with Crippen molar-refractivity contribution >= 4 is 27.3 Å². The Morgan fingerprint density at radius 3 is 2.85 bits per heavy atom. The summed E-state index contributed by atoms with van der Waals surface area (Å²) in [5.41, 5.74) is 0.585. The minimum atomic E-state index is -3.63. The first-order valence-electron chi connectivity index (χ1n) is 6.00. The van der Waals surface area contributed by atoms with Crippen LogP contribution in [0.4, 0.5) is 0 Å². The molecule has 0 spiro atoms. The smallest absolute Gasteiger partial charge is 0.244 e. The monoisotopic (exact) mass is 318 g/mol. The number of rotatable bonds is 4. The largest absolute Gasteiger partial charge is 0.496 e. The van der Waals surface area contributed by atoms with E-state index in [1.54, 1.807) is 12.1 Å². The van der Waals surface area contributed by atoms with Crippen LogP contribution in [-0.2, 0) is 10.0 Å². The Hall–Kier alpha value is -1.31. The number of nitrogens with zero attached hydrogens (tertiary/aromatic N) is 2. The molecule has 1 aromatic rings. The van der Waals surface area contributed by atoms with Crippen molar-refractivity contribution < 1.29 is 18.4 Å². The molecule has 0 fully saturated rings. The summed E-state index contributed by atoms with van der Waals surface area (Å²) < 4.78 is 31.5. The van der Waals surface area contributed by atoms with Gasteiger partial charge in [-0.15, -0.1) is 11.6 Å². The minimum Gasteiger partial charge on any atom is -0.496 e. The number of sulfonamides is 1. The second-order valence-electron chi connectivity index (χ2n) is 4.26. The third-order valence-electron chi connectivity index (χ3n) is 3.10. The molecule has 0 atom stereocenters. The van der Waals surface area contributed by atoms with Crippen molar-refractivity contribution in [1.82, 2.24) is 4.31 Å². The van der Waals surface area contributed by atoms with Crippen molar-refractivity contribution in [2.24, 2.45) is 5.16 Å². The van der Waals surface area contributed by atoms with E-state index in [1.807, 2.05) is 0 Å². The topological polar surface area (TPSA) is 79.2 Å². The van der Waals surface area contributed by atoms with Crippen LogP contribution in [0.5, 0.6) is 5.75 Å². The first-order valence-corrected chi connectivity index (χ1v) is 7.98. The van der Waals surface area contributed by atoms with Crippen LogP contribution in [-0.4, -0.2) is 49.7 Å². The molecule has 0 aliphatic carbocycles. The lowest BCUT2D eigenvalue weighted by Gasteiger charge is -2.29. The van der Waals surface area contributed by atoms with Gasteiger partial charge in [-0.3, -0.25) is 0 Å². The van der Waals surface area contributed by atoms with Crippen LogP contribution in [0.3, 0.4) is 0 Å². The molecular formula is C12H15ClN2O4S. The molecular weight excluding hydrogens is 304 g/mol. The van der Waals surface area contributed by atoms with Gasteiger partial charge >= 0.3 is 0 Å². The van der Waals surface area contributed by atoms with Gasteiger partial charge in [-0.1, -0.05) is 11.2 Å². The van der Waals surface area contributed by atoms with E-state index < -0.39 is 10.0 Å². The number of halogens is 1. The molecule has 0 saturated heterocycles. The van der Waals surface area contributed by atoms with Gasteiger partial charge in [-0.05, 0) is 18.6 Å². The van der Waals surface area contributed by atoms with Gasteiger partial charge in [0, 0.05) is 12.4 Å². The molecule has 0 aromatic heterocycles. The Labute approximate surface area is 122 Å². The highest BCUT2D eigenvalue weighted by Gasteiger charge is 2.36. The average Bonchev–Trinajstić information content (AvgIpc) is 2.46. The molecule has 110 valence electrons. The van der Waals surface area contributed by atoms with Crippen LogP contribution < -0.4 is 4.74 Å². The van der Waals surface area contributed by atoms with Crippen molar-refractivity contribution in [2.75, 3.05) is 26.1 Å². The summed E-state index contributed by atoms with van der Waals surface area (Å²) in [5.74, 6) is 0.735. The van der Waals surface area contributed by atoms with E-state index in [4.69, 9.17) is 21.5 Å². The fourth-order valence-corrected chi connectivity index (χ4v) is 3.95. The SMILES string of the molecule is COc1cccc2c1/C(=N/O)CN(CCCCl)S2(=O)=O. The van der Waals surface area contributed by atoms with Crippen molar-refractivity contribution in [2.45, 2.75) is 11.3 Å². The summed E-state index contributed by atoms with van der Waals surface area (Å²) >= 11 is 5.61. The van der Waals surface area contributed by atoms with Gasteiger partial charge < -0.3 is 9.94 Å². The van der Waals surface area contributed by atoms with Crippen molar-refractivity contribution in [3.8, 4) is 5.75 Å². The number of hydrogen-bond acceptors (Lipinski definition) is 5. The summed E-state index contributed by atoms with van der Waals surface area (Å²) in [6.45, 7) is 0.282. The highest BCUT2D eigenvalue weighted by Crippen LogP contribution is 2.33. The Morgan fingerprint density at radius 2 is 2.25 bits per heavy atom. The summed E-state index contributed by atoms with van der Waals surface area (Å²) in [5, 5.41) is 12.4. The van der Waals surface area contributed by atoms with E-state index in [-0.39, 0.29) is 23.7 Å². The second-order valence-corrected chi connectivity index (χ2v) is 6.55. The molecule has 1 N–H and O–H groups in total. The molecule has 2 rings (SSSR count). The van der Waals surface area contributed by atoms with Gasteiger partial charge in [0.05, 0.1) is 24.1 Å². The van der Waals surface area contributed by atoms with Gasteiger partial charge in [0.1, 0.15) is 11.5 Å². The number of methoxy groups -OCH3 is 1. The third-order valence-corrected chi connectivity index (χ3v) is 5.26. The van der Waals surface area contributed by atoms with Crippen LogP contribution in [0, 0.1) is 0 Å². The molecule has 6 nitrogen and oxygen atoms in total. The number of hydrogen-bond donors (Lipinski definition) is 1. The van der Waals surface area contributed by atoms with Gasteiger partial charge in [-0.2, -0.15) is 4.31 Å². The summed E-state index contributed by atoms with van der Waals surface area (Å²) in [4.78, 5) is 0.0884. The fraction of sp³-hybridized carbons (Fsp3) is 0.417. The van der Waals surface area contributed by atoms with Gasteiger partial charge in [0.15, 0.2) is 0 Å². The highest BCUT2D eigenvalue weighted by atomic mass is 35.5. The van der Waals surface area contributed by atoms with E-state index in [1.165, 1.54) is 17.5 Å². The summed E-state index contributed by atoms with van der Waals surface area (Å²) in [6.07, 6.45) is 0.527. The molecule has 0 amide bonds. The van der Waals surface area contributed by atoms with Crippen LogP contribution in [0.15, 0.2) is 28.3 Å². The quantitative estimate of drug-likeness (QED) is 0.518. The molecule has 0 radical (unpaired) electrons. The van der Waals surface area contributed by atoms with E-state index in [0.29, 0.717) is 23.6 Å². The number of benzene rings is 1.